The molecular weight excluding hydrogens is 210 g/mol. The van der Waals surface area contributed by atoms with Crippen LogP contribution in [0.1, 0.15) is 19.3 Å². The first-order chi connectivity index (χ1) is 7.72. The maximum atomic E-state index is 12.0. The van der Waals surface area contributed by atoms with Gasteiger partial charge in [0.05, 0.1) is 13.0 Å². The highest BCUT2D eigenvalue weighted by Crippen LogP contribution is 2.21. The average molecular weight is 227 g/mol. The first-order valence-corrected chi connectivity index (χ1v) is 5.70. The number of ether oxygens (including phenoxy) is 2. The second-order valence-corrected chi connectivity index (χ2v) is 4.29. The van der Waals surface area contributed by atoms with Crippen LogP contribution in [0.25, 0.3) is 0 Å². The van der Waals surface area contributed by atoms with E-state index in [-0.39, 0.29) is 23.9 Å². The van der Waals surface area contributed by atoms with Gasteiger partial charge in [0.2, 0.25) is 0 Å². The third kappa shape index (κ3) is 2.19. The predicted octanol–water partition coefficient (Wildman–Crippen LogP) is 0.187. The van der Waals surface area contributed by atoms with Crippen LogP contribution in [0.5, 0.6) is 0 Å². The minimum absolute atomic E-state index is 0.0314. The van der Waals surface area contributed by atoms with Crippen LogP contribution in [0.4, 0.5) is 0 Å². The van der Waals surface area contributed by atoms with Gasteiger partial charge in [-0.3, -0.25) is 9.59 Å². The molecule has 0 aromatic heterocycles. The predicted molar refractivity (Wildman–Crippen MR) is 55.7 cm³/mol. The van der Waals surface area contributed by atoms with Gasteiger partial charge in [0.25, 0.3) is 5.91 Å². The fourth-order valence-electron chi connectivity index (χ4n) is 2.30. The summed E-state index contributed by atoms with van der Waals surface area (Å²) in [5.41, 5.74) is 0. The molecular formula is C11H17NO4. The standard InChI is InChI=1S/C11H17NO4/c1-15-11(14)8-4-5-12(7-8)10(13)9-3-2-6-16-9/h8-9H,2-7H2,1H3. The Bertz CT molecular complexity index is 286. The number of carbonyl (C=O) groups is 2. The van der Waals surface area contributed by atoms with Gasteiger partial charge in [0.15, 0.2) is 0 Å². The number of rotatable bonds is 2. The molecule has 0 spiro atoms. The topological polar surface area (TPSA) is 55.8 Å². The minimum atomic E-state index is -0.281. The summed E-state index contributed by atoms with van der Waals surface area (Å²) in [4.78, 5) is 25.0. The van der Waals surface area contributed by atoms with E-state index < -0.39 is 0 Å². The lowest BCUT2D eigenvalue weighted by Gasteiger charge is -2.19. The summed E-state index contributed by atoms with van der Waals surface area (Å²) in [6.07, 6.45) is 2.17. The van der Waals surface area contributed by atoms with Crippen LogP contribution in [0.15, 0.2) is 0 Å². The summed E-state index contributed by atoms with van der Waals surface area (Å²) in [5.74, 6) is -0.345. The average Bonchev–Trinajstić information content (AvgIpc) is 2.97. The van der Waals surface area contributed by atoms with Gasteiger partial charge in [-0.2, -0.15) is 0 Å². The van der Waals surface area contributed by atoms with Crippen molar-refractivity contribution in [2.75, 3.05) is 26.8 Å². The van der Waals surface area contributed by atoms with E-state index in [0.717, 1.165) is 12.8 Å². The molecule has 2 fully saturated rings. The molecule has 90 valence electrons. The van der Waals surface area contributed by atoms with Gasteiger partial charge in [-0.1, -0.05) is 0 Å². The van der Waals surface area contributed by atoms with E-state index in [0.29, 0.717) is 26.1 Å². The van der Waals surface area contributed by atoms with E-state index in [2.05, 4.69) is 4.74 Å². The summed E-state index contributed by atoms with van der Waals surface area (Å²) in [5, 5.41) is 0. The third-order valence-corrected chi connectivity index (χ3v) is 3.24. The molecule has 0 aliphatic carbocycles. The van der Waals surface area contributed by atoms with Gasteiger partial charge >= 0.3 is 5.97 Å². The van der Waals surface area contributed by atoms with Gasteiger partial charge < -0.3 is 14.4 Å². The fraction of sp³-hybridized carbons (Fsp3) is 0.818. The van der Waals surface area contributed by atoms with Crippen LogP contribution in [0, 0.1) is 5.92 Å². The van der Waals surface area contributed by atoms with Crippen molar-refractivity contribution in [1.29, 1.82) is 0 Å². The lowest BCUT2D eigenvalue weighted by molar-refractivity contribution is -0.145. The maximum absolute atomic E-state index is 12.0. The monoisotopic (exact) mass is 227 g/mol. The summed E-state index contributed by atoms with van der Waals surface area (Å²) in [6.45, 7) is 1.79. The van der Waals surface area contributed by atoms with Crippen molar-refractivity contribution in [2.45, 2.75) is 25.4 Å². The molecule has 1 amide bonds. The molecule has 2 heterocycles. The van der Waals surface area contributed by atoms with Crippen LogP contribution in [0.3, 0.4) is 0 Å². The van der Waals surface area contributed by atoms with E-state index in [1.807, 2.05) is 0 Å². The van der Waals surface area contributed by atoms with Crippen LogP contribution in [-0.2, 0) is 19.1 Å². The maximum Gasteiger partial charge on any atom is 0.310 e. The van der Waals surface area contributed by atoms with Crippen molar-refractivity contribution in [1.82, 2.24) is 4.90 Å². The van der Waals surface area contributed by atoms with Crippen LogP contribution >= 0.6 is 0 Å². The molecule has 0 aromatic carbocycles. The van der Waals surface area contributed by atoms with Gasteiger partial charge in [-0.25, -0.2) is 0 Å². The Hall–Kier alpha value is -1.10. The second-order valence-electron chi connectivity index (χ2n) is 4.29. The number of hydrogen-bond donors (Lipinski definition) is 0. The van der Waals surface area contributed by atoms with Crippen molar-refractivity contribution in [3.8, 4) is 0 Å². The Kier molecular flexibility index (Phi) is 3.43. The zero-order chi connectivity index (χ0) is 11.5. The van der Waals surface area contributed by atoms with Gasteiger partial charge in [0.1, 0.15) is 6.10 Å². The highest BCUT2D eigenvalue weighted by Gasteiger charge is 2.35. The molecule has 2 aliphatic rings. The highest BCUT2D eigenvalue weighted by molar-refractivity contribution is 5.83. The first kappa shape index (κ1) is 11.4. The Labute approximate surface area is 94.7 Å². The molecule has 2 aliphatic heterocycles. The lowest BCUT2D eigenvalue weighted by Crippen LogP contribution is -2.37. The minimum Gasteiger partial charge on any atom is -0.469 e. The first-order valence-electron chi connectivity index (χ1n) is 5.70. The molecule has 2 unspecified atom stereocenters. The zero-order valence-electron chi connectivity index (χ0n) is 9.48. The molecule has 2 atom stereocenters. The van der Waals surface area contributed by atoms with Crippen molar-refractivity contribution in [2.24, 2.45) is 5.92 Å². The van der Waals surface area contributed by atoms with E-state index in [4.69, 9.17) is 4.74 Å². The highest BCUT2D eigenvalue weighted by atomic mass is 16.5. The Balaban J connectivity index is 1.87. The number of amides is 1. The Morgan fingerprint density at radius 1 is 1.38 bits per heavy atom. The summed E-state index contributed by atoms with van der Waals surface area (Å²) in [6, 6.07) is 0. The molecule has 16 heavy (non-hydrogen) atoms. The van der Waals surface area contributed by atoms with Crippen molar-refractivity contribution < 1.29 is 19.1 Å². The van der Waals surface area contributed by atoms with Crippen molar-refractivity contribution in [3.63, 3.8) is 0 Å². The van der Waals surface area contributed by atoms with E-state index in [1.165, 1.54) is 7.11 Å². The lowest BCUT2D eigenvalue weighted by atomic mass is 10.1. The molecule has 5 heteroatoms. The Morgan fingerprint density at radius 2 is 2.19 bits per heavy atom. The largest absolute Gasteiger partial charge is 0.469 e. The molecule has 5 nitrogen and oxygen atoms in total. The summed E-state index contributed by atoms with van der Waals surface area (Å²) in [7, 11) is 1.38. The fourth-order valence-corrected chi connectivity index (χ4v) is 2.30. The van der Waals surface area contributed by atoms with Gasteiger partial charge in [-0.15, -0.1) is 0 Å². The van der Waals surface area contributed by atoms with Gasteiger partial charge in [-0.05, 0) is 19.3 Å². The number of esters is 1. The number of hydrogen-bond acceptors (Lipinski definition) is 4. The molecule has 0 bridgehead atoms. The molecule has 0 saturated carbocycles. The normalized spacial score (nSPS) is 29.4. The van der Waals surface area contributed by atoms with Crippen LogP contribution < -0.4 is 0 Å². The number of carbonyl (C=O) groups excluding carboxylic acids is 2. The third-order valence-electron chi connectivity index (χ3n) is 3.24. The number of likely N-dealkylation sites (tertiary alicyclic amines) is 1. The number of nitrogens with zero attached hydrogens (tertiary/aromatic N) is 1. The van der Waals surface area contributed by atoms with Crippen LogP contribution in [-0.4, -0.2) is 49.7 Å². The van der Waals surface area contributed by atoms with Gasteiger partial charge in [0, 0.05) is 19.7 Å². The van der Waals surface area contributed by atoms with E-state index in [9.17, 15) is 9.59 Å². The van der Waals surface area contributed by atoms with Crippen molar-refractivity contribution >= 4 is 11.9 Å². The quantitative estimate of drug-likeness (QED) is 0.632. The second kappa shape index (κ2) is 4.82. The molecule has 2 saturated heterocycles. The van der Waals surface area contributed by atoms with E-state index >= 15 is 0 Å². The molecule has 2 rings (SSSR count). The van der Waals surface area contributed by atoms with Crippen molar-refractivity contribution in [3.05, 3.63) is 0 Å². The van der Waals surface area contributed by atoms with Crippen LogP contribution in [0.2, 0.25) is 0 Å². The summed E-state index contributed by atoms with van der Waals surface area (Å²) >= 11 is 0. The molecule has 0 N–H and O–H groups in total. The number of methoxy groups -OCH3 is 1. The SMILES string of the molecule is COC(=O)C1CCN(C(=O)C2CCCO2)C1. The van der Waals surface area contributed by atoms with E-state index in [1.54, 1.807) is 4.90 Å². The molecule has 0 aromatic rings. The smallest absolute Gasteiger partial charge is 0.310 e. The summed E-state index contributed by atoms with van der Waals surface area (Å²) < 4.78 is 10.0. The zero-order valence-corrected chi connectivity index (χ0v) is 9.48. The Morgan fingerprint density at radius 3 is 2.81 bits per heavy atom. The molecule has 0 radical (unpaired) electrons.